The summed E-state index contributed by atoms with van der Waals surface area (Å²) in [5.74, 6) is 1.01. The molecular formula is C20H23NO7. The molecular weight excluding hydrogens is 366 g/mol. The molecule has 1 amide bonds. The van der Waals surface area contributed by atoms with Gasteiger partial charge in [0.2, 0.25) is 0 Å². The Morgan fingerprint density at radius 1 is 0.857 bits per heavy atom. The summed E-state index contributed by atoms with van der Waals surface area (Å²) in [4.78, 5) is 23.9. The van der Waals surface area contributed by atoms with Crippen molar-refractivity contribution in [2.24, 2.45) is 0 Å². The first kappa shape index (κ1) is 20.9. The van der Waals surface area contributed by atoms with Gasteiger partial charge >= 0.3 is 5.97 Å². The first-order valence-corrected chi connectivity index (χ1v) is 8.50. The van der Waals surface area contributed by atoms with Crippen molar-refractivity contribution in [3.05, 3.63) is 48.0 Å². The van der Waals surface area contributed by atoms with Gasteiger partial charge < -0.3 is 29.0 Å². The molecule has 0 spiro atoms. The predicted octanol–water partition coefficient (Wildman–Crippen LogP) is 2.06. The minimum absolute atomic E-state index is 0.246. The molecule has 0 saturated heterocycles. The van der Waals surface area contributed by atoms with Crippen molar-refractivity contribution in [3.8, 4) is 23.0 Å². The van der Waals surface area contributed by atoms with Crippen LogP contribution in [0.1, 0.15) is 10.4 Å². The first-order chi connectivity index (χ1) is 13.6. The van der Waals surface area contributed by atoms with Crippen molar-refractivity contribution in [1.82, 2.24) is 5.32 Å². The minimum Gasteiger partial charge on any atom is -0.493 e. The maximum Gasteiger partial charge on any atom is 0.338 e. The van der Waals surface area contributed by atoms with Gasteiger partial charge in [0.25, 0.3) is 5.91 Å². The van der Waals surface area contributed by atoms with Gasteiger partial charge in [-0.15, -0.1) is 0 Å². The zero-order valence-electron chi connectivity index (χ0n) is 16.0. The summed E-state index contributed by atoms with van der Waals surface area (Å²) in [6, 6.07) is 11.8. The van der Waals surface area contributed by atoms with Crippen LogP contribution in [0.4, 0.5) is 0 Å². The van der Waals surface area contributed by atoms with Gasteiger partial charge in [0.05, 0.1) is 33.4 Å². The highest BCUT2D eigenvalue weighted by atomic mass is 16.5. The number of ether oxygens (including phenoxy) is 5. The van der Waals surface area contributed by atoms with Crippen LogP contribution in [0.5, 0.6) is 23.0 Å². The van der Waals surface area contributed by atoms with E-state index < -0.39 is 18.5 Å². The second-order valence-corrected chi connectivity index (χ2v) is 5.50. The summed E-state index contributed by atoms with van der Waals surface area (Å²) in [6.45, 7) is 0.0996. The fourth-order valence-electron chi connectivity index (χ4n) is 2.32. The second kappa shape index (κ2) is 10.7. The number of carbonyl (C=O) groups excluding carboxylic acids is 2. The molecule has 0 radical (unpaired) electrons. The third-order valence-corrected chi connectivity index (χ3v) is 3.70. The van der Waals surface area contributed by atoms with Gasteiger partial charge in [0.15, 0.2) is 29.6 Å². The van der Waals surface area contributed by atoms with E-state index >= 15 is 0 Å². The Labute approximate surface area is 163 Å². The highest BCUT2D eigenvalue weighted by molar-refractivity contribution is 5.92. The molecule has 150 valence electrons. The topological polar surface area (TPSA) is 92.3 Å². The van der Waals surface area contributed by atoms with Gasteiger partial charge in [0.1, 0.15) is 6.61 Å². The SMILES string of the molecule is COc1ccc(C(=O)OCC(=O)NCCOc2ccccc2OC)cc1OC. The Hall–Kier alpha value is -3.42. The molecule has 0 saturated carbocycles. The van der Waals surface area contributed by atoms with Crippen LogP contribution in [-0.4, -0.2) is 53.0 Å². The Balaban J connectivity index is 1.74. The van der Waals surface area contributed by atoms with Gasteiger partial charge in [-0.05, 0) is 30.3 Å². The summed E-state index contributed by atoms with van der Waals surface area (Å²) in [5.41, 5.74) is 0.255. The monoisotopic (exact) mass is 389 g/mol. The summed E-state index contributed by atoms with van der Waals surface area (Å²) >= 11 is 0. The van der Waals surface area contributed by atoms with Crippen LogP contribution in [-0.2, 0) is 9.53 Å². The summed E-state index contributed by atoms with van der Waals surface area (Å²) in [6.07, 6.45) is 0. The van der Waals surface area contributed by atoms with Crippen molar-refractivity contribution in [3.63, 3.8) is 0 Å². The quantitative estimate of drug-likeness (QED) is 0.491. The smallest absolute Gasteiger partial charge is 0.338 e. The number of benzene rings is 2. The molecule has 8 heteroatoms. The number of para-hydroxylation sites is 2. The number of nitrogens with one attached hydrogen (secondary N) is 1. The molecule has 8 nitrogen and oxygen atoms in total. The van der Waals surface area contributed by atoms with Crippen LogP contribution in [0.25, 0.3) is 0 Å². The number of methoxy groups -OCH3 is 3. The normalized spacial score (nSPS) is 9.96. The van der Waals surface area contributed by atoms with Crippen molar-refractivity contribution >= 4 is 11.9 Å². The lowest BCUT2D eigenvalue weighted by Gasteiger charge is -2.11. The Bertz CT molecular complexity index is 807. The van der Waals surface area contributed by atoms with Crippen molar-refractivity contribution in [2.45, 2.75) is 0 Å². The van der Waals surface area contributed by atoms with E-state index in [1.165, 1.54) is 26.4 Å². The van der Waals surface area contributed by atoms with E-state index in [1.807, 2.05) is 12.1 Å². The van der Waals surface area contributed by atoms with Crippen LogP contribution in [0, 0.1) is 0 Å². The van der Waals surface area contributed by atoms with Crippen molar-refractivity contribution in [2.75, 3.05) is 41.1 Å². The van der Waals surface area contributed by atoms with Gasteiger partial charge in [-0.3, -0.25) is 4.79 Å². The molecule has 0 aliphatic heterocycles. The summed E-state index contributed by atoms with van der Waals surface area (Å²) in [7, 11) is 4.52. The molecule has 2 rings (SSSR count). The van der Waals surface area contributed by atoms with Crippen LogP contribution in [0.3, 0.4) is 0 Å². The van der Waals surface area contributed by atoms with E-state index in [-0.39, 0.29) is 18.7 Å². The molecule has 0 aliphatic carbocycles. The van der Waals surface area contributed by atoms with E-state index in [9.17, 15) is 9.59 Å². The zero-order valence-corrected chi connectivity index (χ0v) is 16.0. The lowest BCUT2D eigenvalue weighted by Crippen LogP contribution is -2.32. The van der Waals surface area contributed by atoms with Gasteiger partial charge in [-0.1, -0.05) is 12.1 Å². The average molecular weight is 389 g/mol. The first-order valence-electron chi connectivity index (χ1n) is 8.50. The molecule has 0 atom stereocenters. The van der Waals surface area contributed by atoms with E-state index in [2.05, 4.69) is 5.32 Å². The molecule has 2 aromatic carbocycles. The van der Waals surface area contributed by atoms with Crippen molar-refractivity contribution < 1.29 is 33.3 Å². The molecule has 2 aromatic rings. The molecule has 0 bridgehead atoms. The number of esters is 1. The maximum atomic E-state index is 12.1. The van der Waals surface area contributed by atoms with E-state index in [0.717, 1.165) is 0 Å². The number of carbonyl (C=O) groups is 2. The lowest BCUT2D eigenvalue weighted by atomic mass is 10.2. The summed E-state index contributed by atoms with van der Waals surface area (Å²) < 4.78 is 26.0. The van der Waals surface area contributed by atoms with Crippen LogP contribution in [0.15, 0.2) is 42.5 Å². The number of amides is 1. The number of hydrogen-bond donors (Lipinski definition) is 1. The molecule has 0 aromatic heterocycles. The average Bonchev–Trinajstić information content (AvgIpc) is 2.74. The van der Waals surface area contributed by atoms with Gasteiger partial charge in [-0.2, -0.15) is 0 Å². The summed E-state index contributed by atoms with van der Waals surface area (Å²) in [5, 5.41) is 2.61. The molecule has 28 heavy (non-hydrogen) atoms. The van der Waals surface area contributed by atoms with E-state index in [4.69, 9.17) is 23.7 Å². The largest absolute Gasteiger partial charge is 0.493 e. The lowest BCUT2D eigenvalue weighted by molar-refractivity contribution is -0.124. The minimum atomic E-state index is -0.638. The highest BCUT2D eigenvalue weighted by Gasteiger charge is 2.13. The molecule has 0 aliphatic rings. The Morgan fingerprint density at radius 2 is 1.50 bits per heavy atom. The van der Waals surface area contributed by atoms with Crippen LogP contribution < -0.4 is 24.3 Å². The molecule has 0 unspecified atom stereocenters. The molecule has 1 N–H and O–H groups in total. The Kier molecular flexibility index (Phi) is 7.95. The fraction of sp³-hybridized carbons (Fsp3) is 0.300. The Morgan fingerprint density at radius 3 is 2.18 bits per heavy atom. The number of hydrogen-bond acceptors (Lipinski definition) is 7. The molecule has 0 heterocycles. The predicted molar refractivity (Wildman–Crippen MR) is 101 cm³/mol. The maximum absolute atomic E-state index is 12.1. The number of rotatable bonds is 10. The standard InChI is InChI=1S/C20H23NO7/c1-24-15-6-4-5-7-17(15)27-11-10-21-19(22)13-28-20(23)14-8-9-16(25-2)18(12-14)26-3/h4-9,12H,10-11,13H2,1-3H3,(H,21,22). The van der Waals surface area contributed by atoms with Gasteiger partial charge in [0, 0.05) is 0 Å². The fourth-order valence-corrected chi connectivity index (χ4v) is 2.32. The van der Waals surface area contributed by atoms with E-state index in [0.29, 0.717) is 23.0 Å². The molecule has 0 fully saturated rings. The third kappa shape index (κ3) is 5.80. The highest BCUT2D eigenvalue weighted by Crippen LogP contribution is 2.28. The van der Waals surface area contributed by atoms with Crippen LogP contribution >= 0.6 is 0 Å². The zero-order chi connectivity index (χ0) is 20.4. The van der Waals surface area contributed by atoms with E-state index in [1.54, 1.807) is 25.3 Å². The van der Waals surface area contributed by atoms with Gasteiger partial charge in [-0.25, -0.2) is 4.79 Å². The van der Waals surface area contributed by atoms with Crippen LogP contribution in [0.2, 0.25) is 0 Å². The third-order valence-electron chi connectivity index (χ3n) is 3.70. The van der Waals surface area contributed by atoms with Crippen molar-refractivity contribution in [1.29, 1.82) is 0 Å². The second-order valence-electron chi connectivity index (χ2n) is 5.50.